The molecule has 0 aromatic carbocycles. The maximum absolute atomic E-state index is 11.2. The molecule has 15 heavy (non-hydrogen) atoms. The zero-order chi connectivity index (χ0) is 11.1. The second kappa shape index (κ2) is 6.42. The van der Waals surface area contributed by atoms with Gasteiger partial charge in [0.2, 0.25) is 0 Å². The van der Waals surface area contributed by atoms with Gasteiger partial charge < -0.3 is 20.8 Å². The van der Waals surface area contributed by atoms with Crippen molar-refractivity contribution in [2.75, 3.05) is 19.8 Å². The average Bonchev–Trinajstić information content (AvgIpc) is 2.26. The second-order valence-electron chi connectivity index (χ2n) is 3.61. The number of carbonyl (C=O) groups excluding carboxylic acids is 1. The van der Waals surface area contributed by atoms with E-state index >= 15 is 0 Å². The summed E-state index contributed by atoms with van der Waals surface area (Å²) in [6.07, 6.45) is 4.70. The number of carbonyl (C=O) groups is 1. The molecule has 5 heteroatoms. The smallest absolute Gasteiger partial charge is 0.315 e. The molecule has 0 saturated heterocycles. The Morgan fingerprint density at radius 1 is 1.53 bits per heavy atom. The number of hydrogen-bond donors (Lipinski definition) is 4. The Hall–Kier alpha value is -1.07. The van der Waals surface area contributed by atoms with Gasteiger partial charge in [-0.1, -0.05) is 6.08 Å². The van der Waals surface area contributed by atoms with Crippen LogP contribution in [0.15, 0.2) is 11.6 Å². The van der Waals surface area contributed by atoms with Gasteiger partial charge >= 0.3 is 6.03 Å². The molecule has 1 aliphatic rings. The van der Waals surface area contributed by atoms with Crippen molar-refractivity contribution in [3.63, 3.8) is 0 Å². The summed E-state index contributed by atoms with van der Waals surface area (Å²) < 4.78 is 0. The summed E-state index contributed by atoms with van der Waals surface area (Å²) in [4.78, 5) is 11.2. The summed E-state index contributed by atoms with van der Waals surface area (Å²) in [7, 11) is 0. The highest BCUT2D eigenvalue weighted by Crippen LogP contribution is 2.17. The highest BCUT2D eigenvalue weighted by Gasteiger charge is 2.14. The van der Waals surface area contributed by atoms with E-state index in [4.69, 9.17) is 10.2 Å². The largest absolute Gasteiger partial charge is 0.395 e. The quantitative estimate of drug-likeness (QED) is 0.487. The van der Waals surface area contributed by atoms with Gasteiger partial charge in [-0.2, -0.15) is 0 Å². The zero-order valence-corrected chi connectivity index (χ0v) is 8.70. The van der Waals surface area contributed by atoms with E-state index in [1.807, 2.05) is 6.08 Å². The molecule has 1 aliphatic carbocycles. The van der Waals surface area contributed by atoms with Gasteiger partial charge in [-0.15, -0.1) is 0 Å². The predicted octanol–water partition coefficient (Wildman–Crippen LogP) is -0.251. The van der Waals surface area contributed by atoms with E-state index in [0.717, 1.165) is 24.8 Å². The van der Waals surface area contributed by atoms with Crippen molar-refractivity contribution in [2.45, 2.75) is 25.3 Å². The van der Waals surface area contributed by atoms with Crippen molar-refractivity contribution in [3.05, 3.63) is 11.6 Å². The van der Waals surface area contributed by atoms with Crippen LogP contribution in [0.3, 0.4) is 0 Å². The Morgan fingerprint density at radius 2 is 2.33 bits per heavy atom. The molecule has 4 N–H and O–H groups in total. The molecule has 0 heterocycles. The highest BCUT2D eigenvalue weighted by atomic mass is 16.3. The molecule has 86 valence electrons. The molecule has 0 bridgehead atoms. The van der Waals surface area contributed by atoms with E-state index in [2.05, 4.69) is 10.6 Å². The van der Waals surface area contributed by atoms with Crippen LogP contribution >= 0.6 is 0 Å². The van der Waals surface area contributed by atoms with Gasteiger partial charge in [0.15, 0.2) is 0 Å². The Morgan fingerprint density at radius 3 is 3.00 bits per heavy atom. The van der Waals surface area contributed by atoms with Gasteiger partial charge in [0.1, 0.15) is 0 Å². The normalized spacial score (nSPS) is 20.7. The number of aliphatic hydroxyl groups excluding tert-OH is 2. The van der Waals surface area contributed by atoms with E-state index in [-0.39, 0.29) is 31.8 Å². The van der Waals surface area contributed by atoms with E-state index < -0.39 is 0 Å². The molecular weight excluding hydrogens is 196 g/mol. The summed E-state index contributed by atoms with van der Waals surface area (Å²) in [6.45, 7) is 0.265. The van der Waals surface area contributed by atoms with Gasteiger partial charge in [0.05, 0.1) is 13.2 Å². The Balaban J connectivity index is 2.34. The molecule has 0 radical (unpaired) electrons. The van der Waals surface area contributed by atoms with Crippen molar-refractivity contribution < 1.29 is 15.0 Å². The number of amides is 2. The van der Waals surface area contributed by atoms with E-state index in [9.17, 15) is 4.79 Å². The maximum atomic E-state index is 11.2. The fraction of sp³-hybridized carbons (Fsp3) is 0.700. The van der Waals surface area contributed by atoms with Crippen molar-refractivity contribution in [2.24, 2.45) is 0 Å². The minimum absolute atomic E-state index is 0.000377. The van der Waals surface area contributed by atoms with Crippen molar-refractivity contribution >= 4 is 6.03 Å². The summed E-state index contributed by atoms with van der Waals surface area (Å²) in [5, 5.41) is 22.8. The first kappa shape index (κ1) is 12.0. The molecule has 0 saturated carbocycles. The highest BCUT2D eigenvalue weighted by molar-refractivity contribution is 5.74. The van der Waals surface area contributed by atoms with Crippen LogP contribution in [0, 0.1) is 0 Å². The van der Waals surface area contributed by atoms with Crippen molar-refractivity contribution in [1.82, 2.24) is 10.6 Å². The molecule has 0 spiro atoms. The molecule has 1 atom stereocenters. The molecule has 1 rings (SSSR count). The first-order chi connectivity index (χ1) is 7.26. The van der Waals surface area contributed by atoms with Gasteiger partial charge in [-0.25, -0.2) is 4.79 Å². The zero-order valence-electron chi connectivity index (χ0n) is 8.70. The number of urea groups is 1. The fourth-order valence-corrected chi connectivity index (χ4v) is 1.63. The average molecular weight is 214 g/mol. The monoisotopic (exact) mass is 214 g/mol. The van der Waals surface area contributed by atoms with Crippen molar-refractivity contribution in [1.29, 1.82) is 0 Å². The van der Waals surface area contributed by atoms with Gasteiger partial charge in [-0.3, -0.25) is 0 Å². The molecule has 5 nitrogen and oxygen atoms in total. The molecule has 0 aliphatic heterocycles. The molecule has 0 aromatic heterocycles. The Labute approximate surface area is 89.2 Å². The lowest BCUT2D eigenvalue weighted by molar-refractivity contribution is 0.231. The summed E-state index contributed by atoms with van der Waals surface area (Å²) in [6, 6.07) is -0.274. The predicted molar refractivity (Wildman–Crippen MR) is 56.4 cm³/mol. The van der Waals surface area contributed by atoms with Gasteiger partial charge in [-0.05, 0) is 24.8 Å². The molecule has 0 aromatic rings. The maximum Gasteiger partial charge on any atom is 0.315 e. The lowest BCUT2D eigenvalue weighted by Gasteiger charge is -2.21. The van der Waals surface area contributed by atoms with E-state index in [1.54, 1.807) is 0 Å². The van der Waals surface area contributed by atoms with Crippen LogP contribution in [0.25, 0.3) is 0 Å². The van der Waals surface area contributed by atoms with Crippen LogP contribution in [0.2, 0.25) is 0 Å². The van der Waals surface area contributed by atoms with Crippen LogP contribution in [-0.4, -0.2) is 42.0 Å². The first-order valence-corrected chi connectivity index (χ1v) is 5.22. The fourth-order valence-electron chi connectivity index (χ4n) is 1.63. The first-order valence-electron chi connectivity index (χ1n) is 5.22. The Kier molecular flexibility index (Phi) is 5.14. The van der Waals surface area contributed by atoms with Gasteiger partial charge in [0.25, 0.3) is 0 Å². The summed E-state index contributed by atoms with van der Waals surface area (Å²) in [5.41, 5.74) is 0.980. The third-order valence-corrected chi connectivity index (χ3v) is 2.37. The molecule has 1 unspecified atom stereocenters. The van der Waals surface area contributed by atoms with Crippen LogP contribution in [0.5, 0.6) is 0 Å². The minimum atomic E-state index is -0.274. The van der Waals surface area contributed by atoms with Crippen LogP contribution in [-0.2, 0) is 0 Å². The van der Waals surface area contributed by atoms with Crippen LogP contribution in [0.4, 0.5) is 4.79 Å². The van der Waals surface area contributed by atoms with Crippen LogP contribution < -0.4 is 10.6 Å². The number of hydrogen-bond acceptors (Lipinski definition) is 3. The lowest BCUT2D eigenvalue weighted by Crippen LogP contribution is -2.43. The summed E-state index contributed by atoms with van der Waals surface area (Å²) >= 11 is 0. The van der Waals surface area contributed by atoms with Crippen molar-refractivity contribution in [3.8, 4) is 0 Å². The standard InChI is InChI=1S/C10H18N2O3/c13-5-4-11-10(15)12-9-3-1-2-8(6-9)7-14/h6,9,13-14H,1-5,7H2,(H2,11,12,15). The number of rotatable bonds is 4. The minimum Gasteiger partial charge on any atom is -0.395 e. The lowest BCUT2D eigenvalue weighted by atomic mass is 9.96. The van der Waals surface area contributed by atoms with E-state index in [1.165, 1.54) is 0 Å². The molecule has 2 amide bonds. The SMILES string of the molecule is O=C(NCCO)NC1C=C(CO)CCC1. The number of nitrogens with one attached hydrogen (secondary N) is 2. The molecular formula is C10H18N2O3. The van der Waals surface area contributed by atoms with Gasteiger partial charge in [0, 0.05) is 12.6 Å². The Bertz CT molecular complexity index is 241. The van der Waals surface area contributed by atoms with E-state index in [0.29, 0.717) is 0 Å². The summed E-state index contributed by atoms with van der Waals surface area (Å²) in [5.74, 6) is 0. The third-order valence-electron chi connectivity index (χ3n) is 2.37. The second-order valence-corrected chi connectivity index (χ2v) is 3.61. The topological polar surface area (TPSA) is 81.6 Å². The molecule has 0 fully saturated rings. The van der Waals surface area contributed by atoms with Crippen LogP contribution in [0.1, 0.15) is 19.3 Å². The third kappa shape index (κ3) is 4.31. The number of aliphatic hydroxyl groups is 2.